The van der Waals surface area contributed by atoms with Gasteiger partial charge in [-0.3, -0.25) is 0 Å². The molecule has 0 unspecified atom stereocenters. The van der Waals surface area contributed by atoms with E-state index in [-0.39, 0.29) is 0 Å². The summed E-state index contributed by atoms with van der Waals surface area (Å²) in [7, 11) is 4.07. The second-order valence-electron chi connectivity index (χ2n) is 9.76. The minimum Gasteiger partial charge on any atom is -0.362 e. The first kappa shape index (κ1) is 24.6. The highest BCUT2D eigenvalue weighted by Crippen LogP contribution is 2.39. The molecule has 2 N–H and O–H groups in total. The topological polar surface area (TPSA) is 53.1 Å². The van der Waals surface area contributed by atoms with Crippen LogP contribution in [0, 0.1) is 0 Å². The molecule has 0 aliphatic heterocycles. The molecule has 1 fully saturated rings. The van der Waals surface area contributed by atoms with Gasteiger partial charge in [0.25, 0.3) is 0 Å². The third-order valence-electron chi connectivity index (χ3n) is 6.91. The van der Waals surface area contributed by atoms with Crippen molar-refractivity contribution in [2.45, 2.75) is 44.3 Å². The smallest absolute Gasteiger partial charge is 0.225 e. The number of hydrogen-bond acceptors (Lipinski definition) is 8. The molecule has 0 radical (unpaired) electrons. The minimum absolute atomic E-state index is 0.416. The number of anilines is 2. The molecule has 5 nitrogen and oxygen atoms in total. The molecule has 190 valence electrons. The van der Waals surface area contributed by atoms with Crippen LogP contribution in [-0.4, -0.2) is 36.1 Å². The van der Waals surface area contributed by atoms with E-state index in [1.807, 2.05) is 48.9 Å². The van der Waals surface area contributed by atoms with Crippen LogP contribution in [-0.2, 0) is 6.54 Å². The number of thiophene rings is 3. The Morgan fingerprint density at radius 3 is 2.30 bits per heavy atom. The van der Waals surface area contributed by atoms with Gasteiger partial charge < -0.3 is 15.5 Å². The van der Waals surface area contributed by atoms with Crippen molar-refractivity contribution in [3.63, 3.8) is 0 Å². The first-order valence-corrected chi connectivity index (χ1v) is 15.3. The maximum Gasteiger partial charge on any atom is 0.225 e. The third kappa shape index (κ3) is 5.57. The van der Waals surface area contributed by atoms with Gasteiger partial charge in [-0.25, -0.2) is 4.98 Å². The highest BCUT2D eigenvalue weighted by atomic mass is 32.1. The summed E-state index contributed by atoms with van der Waals surface area (Å²) in [5.41, 5.74) is 0.986. The van der Waals surface area contributed by atoms with Gasteiger partial charge in [0.2, 0.25) is 5.95 Å². The molecule has 1 aliphatic carbocycles. The Labute approximate surface area is 230 Å². The van der Waals surface area contributed by atoms with Crippen LogP contribution in [0.5, 0.6) is 0 Å². The van der Waals surface area contributed by atoms with E-state index in [0.29, 0.717) is 12.1 Å². The molecule has 0 atom stereocenters. The Morgan fingerprint density at radius 2 is 1.51 bits per heavy atom. The standard InChI is InChI=1S/C29H31N5S3/c1-34(2)28-22-6-3-4-7-23(22)32-29(33-28)31-20-11-9-19(10-12-20)30-18-21-13-14-26(36-21)27-16-15-25(37-27)24-8-5-17-35-24/h3-8,13-17,19-20,30H,9-12,18H2,1-2H3,(H,31,32,33)/t19-,20+. The summed E-state index contributed by atoms with van der Waals surface area (Å²) < 4.78 is 0. The number of para-hydroxylation sites is 1. The van der Waals surface area contributed by atoms with Gasteiger partial charge in [-0.1, -0.05) is 18.2 Å². The van der Waals surface area contributed by atoms with Gasteiger partial charge >= 0.3 is 0 Å². The summed E-state index contributed by atoms with van der Waals surface area (Å²) in [6, 6.07) is 22.6. The Kier molecular flexibility index (Phi) is 7.24. The minimum atomic E-state index is 0.416. The monoisotopic (exact) mass is 545 g/mol. The number of rotatable bonds is 8. The van der Waals surface area contributed by atoms with E-state index >= 15 is 0 Å². The van der Waals surface area contributed by atoms with E-state index < -0.39 is 0 Å². The molecular weight excluding hydrogens is 515 g/mol. The molecule has 0 amide bonds. The lowest BCUT2D eigenvalue weighted by molar-refractivity contribution is 0.353. The molecule has 1 aromatic carbocycles. The van der Waals surface area contributed by atoms with E-state index in [1.165, 1.54) is 37.2 Å². The maximum absolute atomic E-state index is 4.82. The zero-order valence-electron chi connectivity index (χ0n) is 21.1. The highest BCUT2D eigenvalue weighted by molar-refractivity contribution is 7.26. The number of hydrogen-bond donors (Lipinski definition) is 2. The molecule has 1 saturated carbocycles. The Hall–Kier alpha value is -2.78. The lowest BCUT2D eigenvalue weighted by Gasteiger charge is -2.30. The van der Waals surface area contributed by atoms with Crippen molar-refractivity contribution < 1.29 is 0 Å². The average Bonchev–Trinajstić information content (AvgIpc) is 3.69. The van der Waals surface area contributed by atoms with E-state index in [9.17, 15) is 0 Å². The van der Waals surface area contributed by atoms with Crippen LogP contribution < -0.4 is 15.5 Å². The van der Waals surface area contributed by atoms with Crippen LogP contribution >= 0.6 is 34.0 Å². The molecule has 5 aromatic rings. The molecule has 8 heteroatoms. The van der Waals surface area contributed by atoms with E-state index in [1.54, 1.807) is 11.3 Å². The summed E-state index contributed by atoms with van der Waals surface area (Å²) in [6.45, 7) is 0.941. The largest absolute Gasteiger partial charge is 0.362 e. The highest BCUT2D eigenvalue weighted by Gasteiger charge is 2.22. The van der Waals surface area contributed by atoms with Crippen LogP contribution in [0.4, 0.5) is 11.8 Å². The van der Waals surface area contributed by atoms with Gasteiger partial charge in [-0.05, 0) is 73.5 Å². The van der Waals surface area contributed by atoms with Crippen molar-refractivity contribution in [2.24, 2.45) is 0 Å². The maximum atomic E-state index is 4.82. The number of nitrogens with zero attached hydrogens (tertiary/aromatic N) is 3. The fourth-order valence-electron chi connectivity index (χ4n) is 4.96. The predicted molar refractivity (Wildman–Crippen MR) is 161 cm³/mol. The molecule has 4 heterocycles. The zero-order chi connectivity index (χ0) is 25.2. The van der Waals surface area contributed by atoms with Gasteiger partial charge in [0, 0.05) is 62.5 Å². The number of benzene rings is 1. The Balaban J connectivity index is 1.02. The normalized spacial score (nSPS) is 17.8. The Morgan fingerprint density at radius 1 is 0.784 bits per heavy atom. The van der Waals surface area contributed by atoms with Gasteiger partial charge in [-0.2, -0.15) is 4.98 Å². The lowest BCUT2D eigenvalue weighted by atomic mass is 9.91. The summed E-state index contributed by atoms with van der Waals surface area (Å²) in [4.78, 5) is 18.5. The molecule has 37 heavy (non-hydrogen) atoms. The first-order valence-electron chi connectivity index (χ1n) is 12.8. The zero-order valence-corrected chi connectivity index (χ0v) is 23.6. The first-order chi connectivity index (χ1) is 18.1. The molecule has 0 saturated heterocycles. The summed E-state index contributed by atoms with van der Waals surface area (Å²) in [6.07, 6.45) is 4.58. The van der Waals surface area contributed by atoms with Crippen LogP contribution in [0.3, 0.4) is 0 Å². The predicted octanol–water partition coefficient (Wildman–Crippen LogP) is 7.73. The van der Waals surface area contributed by atoms with E-state index in [2.05, 4.69) is 69.4 Å². The van der Waals surface area contributed by atoms with E-state index in [4.69, 9.17) is 9.97 Å². The Bertz CT molecular complexity index is 1460. The third-order valence-corrected chi connectivity index (χ3v) is 10.3. The van der Waals surface area contributed by atoms with Gasteiger partial charge in [-0.15, -0.1) is 34.0 Å². The van der Waals surface area contributed by atoms with E-state index in [0.717, 1.165) is 42.1 Å². The van der Waals surface area contributed by atoms with Crippen molar-refractivity contribution in [2.75, 3.05) is 24.3 Å². The average molecular weight is 546 g/mol. The summed E-state index contributed by atoms with van der Waals surface area (Å²) in [5, 5.41) is 10.7. The number of aromatic nitrogens is 2. The number of nitrogens with one attached hydrogen (secondary N) is 2. The summed E-state index contributed by atoms with van der Waals surface area (Å²) in [5.74, 6) is 1.70. The molecule has 0 spiro atoms. The van der Waals surface area contributed by atoms with Crippen LogP contribution in [0.25, 0.3) is 30.4 Å². The fraction of sp³-hybridized carbons (Fsp3) is 0.310. The molecule has 0 bridgehead atoms. The van der Waals surface area contributed by atoms with Crippen molar-refractivity contribution in [1.82, 2.24) is 15.3 Å². The lowest BCUT2D eigenvalue weighted by Crippen LogP contribution is -2.36. The molecule has 4 aromatic heterocycles. The molecular formula is C29H31N5S3. The molecule has 6 rings (SSSR count). The SMILES string of the molecule is CN(C)c1nc(N[C@H]2CC[C@@H](NCc3ccc(-c4ccc(-c5cccs5)s4)s3)CC2)nc2ccccc12. The van der Waals surface area contributed by atoms with Crippen LogP contribution in [0.1, 0.15) is 30.6 Å². The second kappa shape index (κ2) is 10.9. The van der Waals surface area contributed by atoms with Crippen molar-refractivity contribution >= 4 is 56.7 Å². The number of fused-ring (bicyclic) bond motifs is 1. The molecule has 1 aliphatic rings. The fourth-order valence-corrected chi connectivity index (χ4v) is 7.85. The van der Waals surface area contributed by atoms with Crippen molar-refractivity contribution in [3.8, 4) is 19.5 Å². The second-order valence-corrected chi connectivity index (χ2v) is 13.0. The van der Waals surface area contributed by atoms with Crippen molar-refractivity contribution in [1.29, 1.82) is 0 Å². The van der Waals surface area contributed by atoms with Gasteiger partial charge in [0.05, 0.1) is 5.52 Å². The van der Waals surface area contributed by atoms with Gasteiger partial charge in [0.15, 0.2) is 0 Å². The van der Waals surface area contributed by atoms with Crippen molar-refractivity contribution in [3.05, 3.63) is 70.9 Å². The quantitative estimate of drug-likeness (QED) is 0.209. The van der Waals surface area contributed by atoms with Crippen LogP contribution in [0.2, 0.25) is 0 Å². The van der Waals surface area contributed by atoms with Crippen LogP contribution in [0.15, 0.2) is 66.0 Å². The summed E-state index contributed by atoms with van der Waals surface area (Å²) >= 11 is 5.60. The van der Waals surface area contributed by atoms with Gasteiger partial charge in [0.1, 0.15) is 5.82 Å².